The Balaban J connectivity index is 1.99. The zero-order valence-electron chi connectivity index (χ0n) is 12.0. The number of hydrogen-bond acceptors (Lipinski definition) is 4. The van der Waals surface area contributed by atoms with Crippen LogP contribution in [0, 0.1) is 11.3 Å². The number of hydrogen-bond donors (Lipinski definition) is 1. The van der Waals surface area contributed by atoms with Crippen LogP contribution in [0.1, 0.15) is 12.0 Å². The highest BCUT2D eigenvalue weighted by Gasteiger charge is 2.26. The topological polar surface area (TPSA) is 59.0 Å². The Labute approximate surface area is 129 Å². The average molecular weight is 298 g/mol. The Kier molecular flexibility index (Phi) is 5.26. The molecule has 0 radical (unpaired) electrons. The molecule has 0 aliphatic carbocycles. The summed E-state index contributed by atoms with van der Waals surface area (Å²) in [5.74, 6) is 1.61. The number of methoxy groups -OCH3 is 1. The van der Waals surface area contributed by atoms with Gasteiger partial charge in [0, 0.05) is 10.6 Å². The Morgan fingerprint density at radius 2 is 1.95 bits per heavy atom. The highest BCUT2D eigenvalue weighted by Crippen LogP contribution is 2.28. The van der Waals surface area contributed by atoms with Crippen LogP contribution in [-0.4, -0.2) is 12.9 Å². The van der Waals surface area contributed by atoms with Crippen molar-refractivity contribution in [1.82, 2.24) is 0 Å². The van der Waals surface area contributed by atoms with Crippen LogP contribution in [0.4, 0.5) is 0 Å². The van der Waals surface area contributed by atoms with Crippen molar-refractivity contribution in [3.05, 3.63) is 60.2 Å². The number of nitriles is 1. The molecule has 2 aromatic carbocycles. The summed E-state index contributed by atoms with van der Waals surface area (Å²) < 4.78 is 5.20. The molecule has 21 heavy (non-hydrogen) atoms. The largest absolute Gasteiger partial charge is 0.497 e. The van der Waals surface area contributed by atoms with Gasteiger partial charge in [-0.25, -0.2) is 0 Å². The summed E-state index contributed by atoms with van der Waals surface area (Å²) in [7, 11) is 1.65. The van der Waals surface area contributed by atoms with Crippen LogP contribution >= 0.6 is 11.8 Å². The summed E-state index contributed by atoms with van der Waals surface area (Å²) in [5.41, 5.74) is 6.16. The monoisotopic (exact) mass is 298 g/mol. The van der Waals surface area contributed by atoms with E-state index in [0.29, 0.717) is 6.42 Å². The SMILES string of the molecule is COc1cccc(SCCC(N)(C#N)c2ccccc2)c1. The second kappa shape index (κ2) is 7.16. The van der Waals surface area contributed by atoms with Crippen LogP contribution in [0.5, 0.6) is 5.75 Å². The Bertz CT molecular complexity index is 624. The van der Waals surface area contributed by atoms with E-state index in [9.17, 15) is 5.26 Å². The van der Waals surface area contributed by atoms with E-state index < -0.39 is 5.54 Å². The summed E-state index contributed by atoms with van der Waals surface area (Å²) in [6.45, 7) is 0. The first kappa shape index (κ1) is 15.4. The molecule has 0 aliphatic heterocycles. The lowest BCUT2D eigenvalue weighted by Crippen LogP contribution is -2.35. The van der Waals surface area contributed by atoms with E-state index in [2.05, 4.69) is 6.07 Å². The highest BCUT2D eigenvalue weighted by atomic mass is 32.2. The highest BCUT2D eigenvalue weighted by molar-refractivity contribution is 7.99. The van der Waals surface area contributed by atoms with Gasteiger partial charge in [-0.3, -0.25) is 0 Å². The Morgan fingerprint density at radius 3 is 2.62 bits per heavy atom. The molecule has 108 valence electrons. The van der Waals surface area contributed by atoms with Crippen molar-refractivity contribution < 1.29 is 4.74 Å². The van der Waals surface area contributed by atoms with Crippen LogP contribution < -0.4 is 10.5 Å². The smallest absolute Gasteiger partial charge is 0.130 e. The van der Waals surface area contributed by atoms with E-state index in [-0.39, 0.29) is 0 Å². The van der Waals surface area contributed by atoms with Gasteiger partial charge < -0.3 is 10.5 Å². The second-order valence-electron chi connectivity index (χ2n) is 4.73. The maximum Gasteiger partial charge on any atom is 0.130 e. The zero-order chi connectivity index (χ0) is 15.1. The Morgan fingerprint density at radius 1 is 1.19 bits per heavy atom. The third kappa shape index (κ3) is 4.01. The van der Waals surface area contributed by atoms with Crippen LogP contribution in [0.25, 0.3) is 0 Å². The Hall–Kier alpha value is -1.96. The molecule has 2 aromatic rings. The van der Waals surface area contributed by atoms with Crippen LogP contribution in [0.3, 0.4) is 0 Å². The summed E-state index contributed by atoms with van der Waals surface area (Å²) in [6.07, 6.45) is 0.593. The van der Waals surface area contributed by atoms with E-state index in [0.717, 1.165) is 22.0 Å². The molecule has 0 saturated carbocycles. The molecule has 0 amide bonds. The van der Waals surface area contributed by atoms with E-state index in [1.807, 2.05) is 54.6 Å². The summed E-state index contributed by atoms with van der Waals surface area (Å²) in [4.78, 5) is 1.11. The quantitative estimate of drug-likeness (QED) is 0.828. The molecule has 1 atom stereocenters. The molecule has 4 heteroatoms. The molecule has 0 saturated heterocycles. The molecule has 0 bridgehead atoms. The van der Waals surface area contributed by atoms with Crippen molar-refractivity contribution >= 4 is 11.8 Å². The van der Waals surface area contributed by atoms with Gasteiger partial charge in [-0.05, 0) is 30.2 Å². The van der Waals surface area contributed by atoms with Crippen molar-refractivity contribution in [1.29, 1.82) is 5.26 Å². The maximum atomic E-state index is 9.41. The average Bonchev–Trinajstić information content (AvgIpc) is 2.55. The molecule has 1 unspecified atom stereocenters. The summed E-state index contributed by atoms with van der Waals surface area (Å²) in [6, 6.07) is 19.7. The maximum absolute atomic E-state index is 9.41. The minimum absolute atomic E-state index is 0.593. The van der Waals surface area contributed by atoms with E-state index in [1.165, 1.54) is 0 Å². The molecule has 0 fully saturated rings. The molecule has 2 N–H and O–H groups in total. The van der Waals surface area contributed by atoms with Gasteiger partial charge in [0.2, 0.25) is 0 Å². The fraction of sp³-hybridized carbons (Fsp3) is 0.235. The van der Waals surface area contributed by atoms with Crippen LogP contribution in [-0.2, 0) is 5.54 Å². The normalized spacial score (nSPS) is 13.2. The summed E-state index contributed by atoms with van der Waals surface area (Å²) in [5, 5.41) is 9.41. The first-order chi connectivity index (χ1) is 10.2. The molecular weight excluding hydrogens is 280 g/mol. The standard InChI is InChI=1S/C17H18N2OS/c1-20-15-8-5-9-16(12-15)21-11-10-17(19,13-18)14-6-3-2-4-7-14/h2-9,12H,10-11,19H2,1H3. The van der Waals surface area contributed by atoms with Gasteiger partial charge in [-0.2, -0.15) is 5.26 Å². The van der Waals surface area contributed by atoms with Crippen molar-refractivity contribution in [3.63, 3.8) is 0 Å². The number of nitrogens with zero attached hydrogens (tertiary/aromatic N) is 1. The fourth-order valence-electron chi connectivity index (χ4n) is 2.02. The van der Waals surface area contributed by atoms with Gasteiger partial charge in [-0.15, -0.1) is 11.8 Å². The first-order valence-corrected chi connectivity index (χ1v) is 7.69. The van der Waals surface area contributed by atoms with Gasteiger partial charge in [0.1, 0.15) is 11.3 Å². The van der Waals surface area contributed by atoms with Gasteiger partial charge in [-0.1, -0.05) is 36.4 Å². The van der Waals surface area contributed by atoms with Crippen molar-refractivity contribution in [3.8, 4) is 11.8 Å². The molecule has 0 aliphatic rings. The predicted octanol–water partition coefficient (Wildman–Crippen LogP) is 3.56. The van der Waals surface area contributed by atoms with Gasteiger partial charge >= 0.3 is 0 Å². The van der Waals surface area contributed by atoms with E-state index >= 15 is 0 Å². The van der Waals surface area contributed by atoms with Crippen molar-refractivity contribution in [2.75, 3.05) is 12.9 Å². The van der Waals surface area contributed by atoms with Gasteiger partial charge in [0.15, 0.2) is 0 Å². The van der Waals surface area contributed by atoms with Crippen molar-refractivity contribution in [2.24, 2.45) is 5.73 Å². The molecule has 0 heterocycles. The lowest BCUT2D eigenvalue weighted by Gasteiger charge is -2.21. The lowest BCUT2D eigenvalue weighted by molar-refractivity contribution is 0.413. The van der Waals surface area contributed by atoms with E-state index in [4.69, 9.17) is 10.5 Å². The minimum Gasteiger partial charge on any atom is -0.497 e. The molecule has 0 spiro atoms. The van der Waals surface area contributed by atoms with Crippen molar-refractivity contribution in [2.45, 2.75) is 16.9 Å². The number of benzene rings is 2. The third-order valence-electron chi connectivity index (χ3n) is 3.29. The molecule has 3 nitrogen and oxygen atoms in total. The number of thioether (sulfide) groups is 1. The van der Waals surface area contributed by atoms with Gasteiger partial charge in [0.05, 0.1) is 13.2 Å². The third-order valence-corrected chi connectivity index (χ3v) is 4.29. The minimum atomic E-state index is -0.937. The molecule has 0 aromatic heterocycles. The molecule has 2 rings (SSSR count). The summed E-state index contributed by atoms with van der Waals surface area (Å²) >= 11 is 1.68. The van der Waals surface area contributed by atoms with Crippen LogP contribution in [0.2, 0.25) is 0 Å². The zero-order valence-corrected chi connectivity index (χ0v) is 12.8. The van der Waals surface area contributed by atoms with Gasteiger partial charge in [0.25, 0.3) is 0 Å². The first-order valence-electron chi connectivity index (χ1n) is 6.70. The van der Waals surface area contributed by atoms with E-state index in [1.54, 1.807) is 18.9 Å². The number of nitrogens with two attached hydrogens (primary N) is 1. The van der Waals surface area contributed by atoms with Crippen LogP contribution in [0.15, 0.2) is 59.5 Å². The fourth-order valence-corrected chi connectivity index (χ4v) is 3.06. The lowest BCUT2D eigenvalue weighted by atomic mass is 9.90. The number of ether oxygens (including phenoxy) is 1. The number of rotatable bonds is 6. The predicted molar refractivity (Wildman–Crippen MR) is 86.3 cm³/mol. The molecular formula is C17H18N2OS. The second-order valence-corrected chi connectivity index (χ2v) is 5.89.